The molecule has 0 aliphatic rings. The van der Waals surface area contributed by atoms with Gasteiger partial charge in [0, 0.05) is 6.54 Å². The van der Waals surface area contributed by atoms with Gasteiger partial charge in [0.1, 0.15) is 11.9 Å². The van der Waals surface area contributed by atoms with Crippen LogP contribution < -0.4 is 10.1 Å². The van der Waals surface area contributed by atoms with Gasteiger partial charge in [-0.3, -0.25) is 10.1 Å². The first-order valence-electron chi connectivity index (χ1n) is 6.29. The summed E-state index contributed by atoms with van der Waals surface area (Å²) >= 11 is 3.32. The van der Waals surface area contributed by atoms with Gasteiger partial charge in [0.2, 0.25) is 5.95 Å². The van der Waals surface area contributed by atoms with Crippen molar-refractivity contribution in [2.45, 2.75) is 13.3 Å². The zero-order valence-corrected chi connectivity index (χ0v) is 12.8. The number of aromatic nitrogens is 2. The van der Waals surface area contributed by atoms with E-state index in [2.05, 4.69) is 31.2 Å². The van der Waals surface area contributed by atoms with E-state index < -0.39 is 4.92 Å². The van der Waals surface area contributed by atoms with Crippen LogP contribution in [0, 0.1) is 10.1 Å². The van der Waals surface area contributed by atoms with Gasteiger partial charge in [-0.25, -0.2) is 4.98 Å². The van der Waals surface area contributed by atoms with Crippen molar-refractivity contribution in [2.24, 2.45) is 0 Å². The molecule has 0 aliphatic heterocycles. The lowest BCUT2D eigenvalue weighted by molar-refractivity contribution is -0.386. The third-order valence-corrected chi connectivity index (χ3v) is 3.16. The van der Waals surface area contributed by atoms with Crippen LogP contribution >= 0.6 is 15.9 Å². The van der Waals surface area contributed by atoms with Crippen molar-refractivity contribution >= 4 is 27.6 Å². The van der Waals surface area contributed by atoms with E-state index in [1.54, 1.807) is 18.2 Å². The Labute approximate surface area is 129 Å². The summed E-state index contributed by atoms with van der Waals surface area (Å²) in [6.07, 6.45) is 2.03. The van der Waals surface area contributed by atoms with Crippen LogP contribution in [0.1, 0.15) is 13.3 Å². The van der Waals surface area contributed by atoms with Gasteiger partial charge in [-0.05, 0) is 34.5 Å². The average molecular weight is 353 g/mol. The van der Waals surface area contributed by atoms with E-state index >= 15 is 0 Å². The summed E-state index contributed by atoms with van der Waals surface area (Å²) in [5, 5.41) is 14.0. The Kier molecular flexibility index (Phi) is 5.04. The Hall–Kier alpha value is -2.22. The average Bonchev–Trinajstić information content (AvgIpc) is 2.47. The SMILES string of the molecule is CCCNc1ncc([N+](=O)[O-])c(Oc2ccccc2Br)n1. The summed E-state index contributed by atoms with van der Waals surface area (Å²) in [7, 11) is 0. The molecule has 21 heavy (non-hydrogen) atoms. The molecule has 0 aliphatic carbocycles. The molecule has 2 aromatic rings. The molecule has 0 saturated heterocycles. The van der Waals surface area contributed by atoms with E-state index in [-0.39, 0.29) is 11.6 Å². The van der Waals surface area contributed by atoms with Crippen molar-refractivity contribution in [1.29, 1.82) is 0 Å². The van der Waals surface area contributed by atoms with Gasteiger partial charge in [0.15, 0.2) is 0 Å². The number of anilines is 1. The lowest BCUT2D eigenvalue weighted by Crippen LogP contribution is -2.06. The first kappa shape index (κ1) is 15.2. The van der Waals surface area contributed by atoms with Crippen molar-refractivity contribution in [3.8, 4) is 11.6 Å². The molecule has 2 rings (SSSR count). The number of ether oxygens (including phenoxy) is 1. The number of nitro groups is 1. The Bertz CT molecular complexity index is 651. The maximum absolute atomic E-state index is 11.0. The molecule has 1 aromatic heterocycles. The molecule has 1 heterocycles. The van der Waals surface area contributed by atoms with Gasteiger partial charge < -0.3 is 10.1 Å². The molecule has 8 heteroatoms. The van der Waals surface area contributed by atoms with Crippen LogP contribution in [-0.4, -0.2) is 21.4 Å². The van der Waals surface area contributed by atoms with Gasteiger partial charge in [0.25, 0.3) is 0 Å². The highest BCUT2D eigenvalue weighted by Crippen LogP contribution is 2.33. The van der Waals surface area contributed by atoms with Gasteiger partial charge in [-0.2, -0.15) is 4.98 Å². The first-order valence-corrected chi connectivity index (χ1v) is 7.08. The van der Waals surface area contributed by atoms with E-state index in [1.807, 2.05) is 13.0 Å². The monoisotopic (exact) mass is 352 g/mol. The molecule has 7 nitrogen and oxygen atoms in total. The van der Waals surface area contributed by atoms with Gasteiger partial charge in [-0.1, -0.05) is 19.1 Å². The van der Waals surface area contributed by atoms with Crippen molar-refractivity contribution < 1.29 is 9.66 Å². The number of hydrogen-bond acceptors (Lipinski definition) is 6. The lowest BCUT2D eigenvalue weighted by Gasteiger charge is -2.08. The van der Waals surface area contributed by atoms with E-state index in [4.69, 9.17) is 4.74 Å². The van der Waals surface area contributed by atoms with E-state index in [1.165, 1.54) is 0 Å². The smallest absolute Gasteiger partial charge is 0.349 e. The topological polar surface area (TPSA) is 90.2 Å². The Morgan fingerprint density at radius 2 is 2.19 bits per heavy atom. The maximum Gasteiger partial charge on any atom is 0.349 e. The molecule has 0 bridgehead atoms. The Morgan fingerprint density at radius 3 is 2.86 bits per heavy atom. The van der Waals surface area contributed by atoms with Crippen molar-refractivity contribution in [1.82, 2.24) is 9.97 Å². The fourth-order valence-electron chi connectivity index (χ4n) is 1.51. The quantitative estimate of drug-likeness (QED) is 0.628. The fraction of sp³-hybridized carbons (Fsp3) is 0.231. The first-order chi connectivity index (χ1) is 10.1. The molecule has 1 N–H and O–H groups in total. The lowest BCUT2D eigenvalue weighted by atomic mass is 10.3. The predicted octanol–water partition coefficient (Wildman–Crippen LogP) is 3.76. The fourth-order valence-corrected chi connectivity index (χ4v) is 1.88. The summed E-state index contributed by atoms with van der Waals surface area (Å²) < 4.78 is 6.22. The van der Waals surface area contributed by atoms with Crippen LogP contribution in [0.25, 0.3) is 0 Å². The second-order valence-electron chi connectivity index (χ2n) is 4.10. The summed E-state index contributed by atoms with van der Waals surface area (Å²) in [6.45, 7) is 2.67. The predicted molar refractivity (Wildman–Crippen MR) is 81.7 cm³/mol. The summed E-state index contributed by atoms with van der Waals surface area (Å²) in [5.41, 5.74) is -0.284. The Morgan fingerprint density at radius 1 is 1.43 bits per heavy atom. The molecular formula is C13H13BrN4O3. The summed E-state index contributed by atoms with van der Waals surface area (Å²) in [5.74, 6) is 0.644. The van der Waals surface area contributed by atoms with E-state index in [0.717, 1.165) is 12.6 Å². The van der Waals surface area contributed by atoms with Gasteiger partial charge in [-0.15, -0.1) is 0 Å². The Balaban J connectivity index is 2.34. The van der Waals surface area contributed by atoms with Gasteiger partial charge in [0.05, 0.1) is 9.40 Å². The molecule has 0 radical (unpaired) electrons. The highest BCUT2D eigenvalue weighted by molar-refractivity contribution is 9.10. The molecule has 0 saturated carbocycles. The van der Waals surface area contributed by atoms with Crippen molar-refractivity contribution in [3.63, 3.8) is 0 Å². The molecule has 0 unspecified atom stereocenters. The minimum atomic E-state index is -0.574. The highest BCUT2D eigenvalue weighted by Gasteiger charge is 2.20. The van der Waals surface area contributed by atoms with Crippen LogP contribution in [0.3, 0.4) is 0 Å². The van der Waals surface area contributed by atoms with Crippen LogP contribution in [0.2, 0.25) is 0 Å². The molecular weight excluding hydrogens is 340 g/mol. The zero-order valence-electron chi connectivity index (χ0n) is 11.2. The van der Waals surface area contributed by atoms with Crippen LogP contribution in [0.5, 0.6) is 11.6 Å². The number of halogens is 1. The van der Waals surface area contributed by atoms with Crippen LogP contribution in [-0.2, 0) is 0 Å². The third kappa shape index (κ3) is 3.88. The number of benzene rings is 1. The third-order valence-electron chi connectivity index (χ3n) is 2.51. The number of rotatable bonds is 6. The second-order valence-corrected chi connectivity index (χ2v) is 4.95. The zero-order chi connectivity index (χ0) is 15.2. The molecule has 0 atom stereocenters. The van der Waals surface area contributed by atoms with E-state index in [9.17, 15) is 10.1 Å². The van der Waals surface area contributed by atoms with E-state index in [0.29, 0.717) is 22.7 Å². The number of para-hydroxylation sites is 1. The van der Waals surface area contributed by atoms with Gasteiger partial charge >= 0.3 is 11.6 Å². The summed E-state index contributed by atoms with van der Waals surface area (Å²) in [4.78, 5) is 18.4. The minimum absolute atomic E-state index is 0.0968. The van der Waals surface area contributed by atoms with Crippen LogP contribution in [0.15, 0.2) is 34.9 Å². The molecule has 110 valence electrons. The number of nitrogens with zero attached hydrogens (tertiary/aromatic N) is 3. The molecule has 1 aromatic carbocycles. The largest absolute Gasteiger partial charge is 0.432 e. The second kappa shape index (κ2) is 6.98. The standard InChI is InChI=1S/C13H13BrN4O3/c1-2-7-15-13-16-8-10(18(19)20)12(17-13)21-11-6-4-3-5-9(11)14/h3-6,8H,2,7H2,1H3,(H,15,16,17). The van der Waals surface area contributed by atoms with Crippen molar-refractivity contribution in [3.05, 3.63) is 45.0 Å². The maximum atomic E-state index is 11.0. The molecule has 0 amide bonds. The highest BCUT2D eigenvalue weighted by atomic mass is 79.9. The molecule has 0 spiro atoms. The van der Waals surface area contributed by atoms with Crippen LogP contribution in [0.4, 0.5) is 11.6 Å². The van der Waals surface area contributed by atoms with Crippen molar-refractivity contribution in [2.75, 3.05) is 11.9 Å². The summed E-state index contributed by atoms with van der Waals surface area (Å²) in [6, 6.07) is 7.05. The molecule has 0 fully saturated rings. The normalized spacial score (nSPS) is 10.2. The number of hydrogen-bond donors (Lipinski definition) is 1. The number of nitrogens with one attached hydrogen (secondary N) is 1. The minimum Gasteiger partial charge on any atom is -0.432 e.